The number of aromatic nitrogens is 5. The van der Waals surface area contributed by atoms with Crippen LogP contribution in [0.5, 0.6) is 0 Å². The number of hydrogen-bond donors (Lipinski definition) is 0. The van der Waals surface area contributed by atoms with Crippen molar-refractivity contribution >= 4 is 16.7 Å². The minimum absolute atomic E-state index is 0.0793. The third-order valence-electron chi connectivity index (χ3n) is 4.37. The van der Waals surface area contributed by atoms with Gasteiger partial charge in [0.1, 0.15) is 17.8 Å². The topological polar surface area (TPSA) is 86.7 Å². The lowest BCUT2D eigenvalue weighted by Gasteiger charge is -2.05. The average Bonchev–Trinajstić information content (AvgIpc) is 3.30. The normalized spacial score (nSPS) is 11.4. The van der Waals surface area contributed by atoms with Crippen LogP contribution < -0.4 is 0 Å². The van der Waals surface area contributed by atoms with Gasteiger partial charge in [0.2, 0.25) is 0 Å². The number of oxazole rings is 1. The number of rotatable bonds is 5. The molecule has 0 bridgehead atoms. The van der Waals surface area contributed by atoms with Crippen LogP contribution in [0, 0.1) is 0 Å². The third kappa shape index (κ3) is 3.36. The van der Waals surface area contributed by atoms with E-state index < -0.39 is 0 Å². The van der Waals surface area contributed by atoms with Crippen LogP contribution in [0.2, 0.25) is 0 Å². The van der Waals surface area contributed by atoms with E-state index in [0.29, 0.717) is 17.4 Å². The van der Waals surface area contributed by atoms with Gasteiger partial charge in [-0.1, -0.05) is 26.0 Å². The van der Waals surface area contributed by atoms with Crippen LogP contribution in [-0.4, -0.2) is 30.3 Å². The Kier molecular flexibility index (Phi) is 4.27. The Hall–Kier alpha value is -3.35. The molecule has 3 aromatic heterocycles. The predicted octanol–water partition coefficient (Wildman–Crippen LogP) is 3.57. The Morgan fingerprint density at radius 2 is 2.07 bits per heavy atom. The highest BCUT2D eigenvalue weighted by molar-refractivity contribution is 5.95. The van der Waals surface area contributed by atoms with Gasteiger partial charge in [0.15, 0.2) is 11.7 Å². The van der Waals surface area contributed by atoms with Gasteiger partial charge in [-0.3, -0.25) is 4.79 Å². The maximum Gasteiger partial charge on any atom is 0.197 e. The second-order valence-corrected chi connectivity index (χ2v) is 6.78. The van der Waals surface area contributed by atoms with Crippen LogP contribution in [0.1, 0.15) is 42.0 Å². The molecule has 4 aromatic rings. The largest absolute Gasteiger partial charge is 0.448 e. The van der Waals surface area contributed by atoms with Crippen LogP contribution in [-0.2, 0) is 13.5 Å². The summed E-state index contributed by atoms with van der Waals surface area (Å²) in [6, 6.07) is 5.96. The smallest absolute Gasteiger partial charge is 0.197 e. The van der Waals surface area contributed by atoms with Gasteiger partial charge in [0.25, 0.3) is 0 Å². The van der Waals surface area contributed by atoms with E-state index in [1.165, 1.54) is 6.26 Å². The summed E-state index contributed by atoms with van der Waals surface area (Å²) in [5.74, 6) is 0.990. The SMILES string of the molecule is CC(C)c1nc(C(=O)Cc2ncc3ccc(-c4cncn4C)cc3n2)co1. The first-order valence-electron chi connectivity index (χ1n) is 8.72. The van der Waals surface area contributed by atoms with Crippen molar-refractivity contribution < 1.29 is 9.21 Å². The van der Waals surface area contributed by atoms with Crippen molar-refractivity contribution in [1.82, 2.24) is 24.5 Å². The van der Waals surface area contributed by atoms with E-state index in [1.54, 1.807) is 12.5 Å². The molecule has 0 aliphatic heterocycles. The van der Waals surface area contributed by atoms with Crippen LogP contribution in [0.25, 0.3) is 22.2 Å². The summed E-state index contributed by atoms with van der Waals surface area (Å²) in [5, 5.41) is 0.917. The Morgan fingerprint density at radius 1 is 1.22 bits per heavy atom. The van der Waals surface area contributed by atoms with Gasteiger partial charge in [0.05, 0.1) is 30.2 Å². The molecule has 0 amide bonds. The van der Waals surface area contributed by atoms with Crippen LogP contribution in [0.4, 0.5) is 0 Å². The Balaban J connectivity index is 1.62. The second kappa shape index (κ2) is 6.75. The van der Waals surface area contributed by atoms with E-state index in [-0.39, 0.29) is 18.1 Å². The van der Waals surface area contributed by atoms with Crippen molar-refractivity contribution in [3.05, 3.63) is 60.6 Å². The van der Waals surface area contributed by atoms with Crippen LogP contribution >= 0.6 is 0 Å². The van der Waals surface area contributed by atoms with Crippen LogP contribution in [0.3, 0.4) is 0 Å². The predicted molar refractivity (Wildman–Crippen MR) is 100 cm³/mol. The molecule has 1 aromatic carbocycles. The fraction of sp³-hybridized carbons (Fsp3) is 0.250. The van der Waals surface area contributed by atoms with E-state index in [4.69, 9.17) is 4.42 Å². The number of hydrogen-bond acceptors (Lipinski definition) is 6. The maximum absolute atomic E-state index is 12.5. The Bertz CT molecular complexity index is 1130. The highest BCUT2D eigenvalue weighted by atomic mass is 16.3. The van der Waals surface area contributed by atoms with Crippen molar-refractivity contribution in [3.8, 4) is 11.3 Å². The fourth-order valence-electron chi connectivity index (χ4n) is 2.86. The Labute approximate surface area is 156 Å². The molecule has 27 heavy (non-hydrogen) atoms. The molecule has 0 aliphatic rings. The second-order valence-electron chi connectivity index (χ2n) is 6.78. The average molecular weight is 361 g/mol. The molecule has 0 radical (unpaired) electrons. The van der Waals surface area contributed by atoms with Gasteiger partial charge in [-0.15, -0.1) is 0 Å². The van der Waals surface area contributed by atoms with Crippen molar-refractivity contribution in [1.29, 1.82) is 0 Å². The summed E-state index contributed by atoms with van der Waals surface area (Å²) < 4.78 is 7.29. The third-order valence-corrected chi connectivity index (χ3v) is 4.37. The molecule has 0 atom stereocenters. The van der Waals surface area contributed by atoms with Crippen molar-refractivity contribution in [2.45, 2.75) is 26.2 Å². The van der Waals surface area contributed by atoms with E-state index >= 15 is 0 Å². The first-order valence-corrected chi connectivity index (χ1v) is 8.72. The monoisotopic (exact) mass is 361 g/mol. The number of carbonyl (C=O) groups excluding carboxylic acids is 1. The highest BCUT2D eigenvalue weighted by Gasteiger charge is 2.16. The zero-order valence-corrected chi connectivity index (χ0v) is 15.4. The lowest BCUT2D eigenvalue weighted by atomic mass is 10.1. The highest BCUT2D eigenvalue weighted by Crippen LogP contribution is 2.23. The van der Waals surface area contributed by atoms with E-state index in [1.807, 2.05) is 49.9 Å². The minimum Gasteiger partial charge on any atom is -0.448 e. The number of carbonyl (C=O) groups is 1. The first kappa shape index (κ1) is 17.1. The van der Waals surface area contributed by atoms with Gasteiger partial charge in [-0.2, -0.15) is 0 Å². The van der Waals surface area contributed by atoms with Gasteiger partial charge < -0.3 is 8.98 Å². The molecule has 0 spiro atoms. The van der Waals surface area contributed by atoms with Gasteiger partial charge in [-0.25, -0.2) is 19.9 Å². The number of benzene rings is 1. The molecule has 4 rings (SSSR count). The Morgan fingerprint density at radius 3 is 2.78 bits per heavy atom. The number of fused-ring (bicyclic) bond motifs is 1. The molecular formula is C20H19N5O2. The molecule has 0 N–H and O–H groups in total. The number of nitrogens with zero attached hydrogens (tertiary/aromatic N) is 5. The zero-order chi connectivity index (χ0) is 19.0. The van der Waals surface area contributed by atoms with Gasteiger partial charge in [-0.05, 0) is 6.07 Å². The van der Waals surface area contributed by atoms with Gasteiger partial charge in [0, 0.05) is 30.1 Å². The van der Waals surface area contributed by atoms with Crippen molar-refractivity contribution in [3.63, 3.8) is 0 Å². The maximum atomic E-state index is 12.5. The molecule has 136 valence electrons. The number of imidazole rings is 1. The molecule has 0 saturated heterocycles. The number of ketones is 1. The standard InChI is InChI=1S/C20H19N5O2/c1-12(2)20-24-16(10-27-20)18(26)7-19-22-8-14-5-4-13(6-15(14)23-19)17-9-21-11-25(17)3/h4-6,8-12H,7H2,1-3H3. The summed E-state index contributed by atoms with van der Waals surface area (Å²) in [4.78, 5) is 29.7. The molecule has 0 unspecified atom stereocenters. The summed E-state index contributed by atoms with van der Waals surface area (Å²) >= 11 is 0. The molecule has 7 heteroatoms. The summed E-state index contributed by atoms with van der Waals surface area (Å²) in [6.45, 7) is 3.93. The lowest BCUT2D eigenvalue weighted by molar-refractivity contribution is 0.0986. The molecule has 0 saturated carbocycles. The quantitative estimate of drug-likeness (QED) is 0.505. The first-order chi connectivity index (χ1) is 13.0. The van der Waals surface area contributed by atoms with E-state index in [2.05, 4.69) is 19.9 Å². The van der Waals surface area contributed by atoms with Crippen LogP contribution in [0.15, 0.2) is 47.6 Å². The molecule has 0 aliphatic carbocycles. The molecule has 3 heterocycles. The number of Topliss-reactive ketones (excluding diaryl/α,β-unsaturated/α-hetero) is 1. The molecule has 7 nitrogen and oxygen atoms in total. The van der Waals surface area contributed by atoms with E-state index in [0.717, 1.165) is 22.2 Å². The van der Waals surface area contributed by atoms with E-state index in [9.17, 15) is 4.79 Å². The van der Waals surface area contributed by atoms with Crippen molar-refractivity contribution in [2.75, 3.05) is 0 Å². The van der Waals surface area contributed by atoms with Crippen molar-refractivity contribution in [2.24, 2.45) is 7.05 Å². The lowest BCUT2D eigenvalue weighted by Crippen LogP contribution is -2.08. The molecule has 0 fully saturated rings. The van der Waals surface area contributed by atoms with Gasteiger partial charge >= 0.3 is 0 Å². The molecular weight excluding hydrogens is 342 g/mol. The summed E-state index contributed by atoms with van der Waals surface area (Å²) in [6.07, 6.45) is 6.78. The summed E-state index contributed by atoms with van der Waals surface area (Å²) in [7, 11) is 1.94. The number of aryl methyl sites for hydroxylation is 1. The zero-order valence-electron chi connectivity index (χ0n) is 15.4. The summed E-state index contributed by atoms with van der Waals surface area (Å²) in [5.41, 5.74) is 3.11. The fourth-order valence-corrected chi connectivity index (χ4v) is 2.86. The minimum atomic E-state index is -0.159.